The number of hydrogen-bond acceptors (Lipinski definition) is 6. The number of carbonyl (C=O) groups is 1. The number of Topliss-reactive ketones (excluding diaryl/α,β-unsaturated/α-hetero) is 1. The lowest BCUT2D eigenvalue weighted by Crippen LogP contribution is -2.38. The van der Waals surface area contributed by atoms with Crippen molar-refractivity contribution in [3.05, 3.63) is 74.1 Å². The van der Waals surface area contributed by atoms with E-state index in [4.69, 9.17) is 5.73 Å². The average Bonchev–Trinajstić information content (AvgIpc) is 3.03. The predicted molar refractivity (Wildman–Crippen MR) is 134 cm³/mol. The minimum absolute atomic E-state index is 0.0766. The molecule has 5 rings (SSSR count). The molecule has 6 heteroatoms. The Bertz CT molecular complexity index is 1300. The van der Waals surface area contributed by atoms with Gasteiger partial charge >= 0.3 is 0 Å². The lowest BCUT2D eigenvalue weighted by Gasteiger charge is -2.39. The van der Waals surface area contributed by atoms with E-state index in [0.717, 1.165) is 60.3 Å². The van der Waals surface area contributed by atoms with Gasteiger partial charge in [0.25, 0.3) is 0 Å². The molecular formula is C28H28N4OS. The van der Waals surface area contributed by atoms with E-state index in [1.807, 2.05) is 17.0 Å². The standard InChI is InChI=1S/C28H28N4OS/c1-2-17-11-13-18(14-12-17)25-21(16-30)27(31)32(22-8-6-9-23(33)26(22)25)28-20(15-29)19-7-4-3-5-10-24(19)34-28/h11-14,25H,2-10,31H2,1H3/t25-/m0/s1. The van der Waals surface area contributed by atoms with Gasteiger partial charge in [-0.1, -0.05) is 37.6 Å². The van der Waals surface area contributed by atoms with E-state index in [1.54, 1.807) is 11.3 Å². The average molecular weight is 469 g/mol. The lowest BCUT2D eigenvalue weighted by molar-refractivity contribution is -0.116. The topological polar surface area (TPSA) is 93.9 Å². The summed E-state index contributed by atoms with van der Waals surface area (Å²) in [6, 6.07) is 12.9. The third kappa shape index (κ3) is 3.54. The van der Waals surface area contributed by atoms with Crippen molar-refractivity contribution in [1.82, 2.24) is 0 Å². The van der Waals surface area contributed by atoms with Crippen LogP contribution in [0.3, 0.4) is 0 Å². The number of nitrogens with zero attached hydrogens (tertiary/aromatic N) is 3. The van der Waals surface area contributed by atoms with Crippen LogP contribution in [0.15, 0.2) is 46.9 Å². The van der Waals surface area contributed by atoms with Gasteiger partial charge in [0.2, 0.25) is 0 Å². The Kier molecular flexibility index (Phi) is 6.02. The first-order valence-electron chi connectivity index (χ1n) is 12.2. The lowest BCUT2D eigenvalue weighted by atomic mass is 9.75. The Morgan fingerprint density at radius 2 is 1.79 bits per heavy atom. The van der Waals surface area contributed by atoms with Crippen LogP contribution in [-0.2, 0) is 24.1 Å². The molecule has 0 bridgehead atoms. The summed E-state index contributed by atoms with van der Waals surface area (Å²) < 4.78 is 0. The third-order valence-electron chi connectivity index (χ3n) is 7.35. The molecular weight excluding hydrogens is 440 g/mol. The van der Waals surface area contributed by atoms with E-state index < -0.39 is 5.92 Å². The number of thiophene rings is 1. The fourth-order valence-corrected chi connectivity index (χ4v) is 6.98. The molecule has 5 nitrogen and oxygen atoms in total. The van der Waals surface area contributed by atoms with Crippen molar-refractivity contribution in [2.45, 2.75) is 70.6 Å². The minimum Gasteiger partial charge on any atom is -0.384 e. The van der Waals surface area contributed by atoms with Crippen LogP contribution in [0.2, 0.25) is 0 Å². The number of nitrogens with two attached hydrogens (primary N) is 1. The molecule has 1 atom stereocenters. The normalized spacial score (nSPS) is 20.4. The van der Waals surface area contributed by atoms with E-state index in [0.29, 0.717) is 35.4 Å². The largest absolute Gasteiger partial charge is 0.384 e. The van der Waals surface area contributed by atoms with Gasteiger partial charge in [-0.3, -0.25) is 9.69 Å². The molecule has 0 radical (unpaired) electrons. The zero-order chi connectivity index (χ0) is 23.8. The number of benzene rings is 1. The van der Waals surface area contributed by atoms with Gasteiger partial charge in [-0.05, 0) is 61.6 Å². The first kappa shape index (κ1) is 22.4. The Labute approximate surface area is 204 Å². The van der Waals surface area contributed by atoms with Gasteiger partial charge < -0.3 is 5.73 Å². The zero-order valence-electron chi connectivity index (χ0n) is 19.5. The monoisotopic (exact) mass is 468 g/mol. The summed E-state index contributed by atoms with van der Waals surface area (Å²) in [5, 5.41) is 21.2. The van der Waals surface area contributed by atoms with E-state index in [-0.39, 0.29) is 5.78 Å². The Hall–Kier alpha value is -3.35. The van der Waals surface area contributed by atoms with Gasteiger partial charge in [0.05, 0.1) is 23.1 Å². The molecule has 0 amide bonds. The maximum Gasteiger partial charge on any atom is 0.161 e. The highest BCUT2D eigenvalue weighted by atomic mass is 32.1. The molecule has 2 aromatic rings. The second kappa shape index (κ2) is 9.12. The van der Waals surface area contributed by atoms with Crippen molar-refractivity contribution in [3.63, 3.8) is 0 Å². The fraction of sp³-hybridized carbons (Fsp3) is 0.393. The van der Waals surface area contributed by atoms with Crippen LogP contribution in [0.5, 0.6) is 0 Å². The van der Waals surface area contributed by atoms with Crippen molar-refractivity contribution in [3.8, 4) is 12.1 Å². The molecule has 3 aliphatic rings. The summed E-state index contributed by atoms with van der Waals surface area (Å²) in [6.07, 6.45) is 8.09. The van der Waals surface area contributed by atoms with Crippen LogP contribution in [0, 0.1) is 22.7 Å². The van der Waals surface area contributed by atoms with Crippen molar-refractivity contribution >= 4 is 22.1 Å². The number of hydrogen-bond donors (Lipinski definition) is 1. The fourth-order valence-electron chi connectivity index (χ4n) is 5.60. The summed E-state index contributed by atoms with van der Waals surface area (Å²) in [4.78, 5) is 16.5. The number of ketones is 1. The maximum atomic E-state index is 13.4. The Morgan fingerprint density at radius 3 is 2.50 bits per heavy atom. The quantitative estimate of drug-likeness (QED) is 0.578. The van der Waals surface area contributed by atoms with Crippen LogP contribution in [-0.4, -0.2) is 5.78 Å². The van der Waals surface area contributed by atoms with Crippen molar-refractivity contribution in [1.29, 1.82) is 10.5 Å². The summed E-state index contributed by atoms with van der Waals surface area (Å²) in [7, 11) is 0. The van der Waals surface area contributed by atoms with Crippen LogP contribution in [0.25, 0.3) is 0 Å². The number of fused-ring (bicyclic) bond motifs is 1. The molecule has 2 N–H and O–H groups in total. The molecule has 1 aromatic heterocycles. The number of nitriles is 2. The molecule has 0 spiro atoms. The predicted octanol–water partition coefficient (Wildman–Crippen LogP) is 5.76. The van der Waals surface area contributed by atoms with Gasteiger partial charge in [-0.25, -0.2) is 0 Å². The Balaban J connectivity index is 1.72. The highest BCUT2D eigenvalue weighted by Gasteiger charge is 2.41. The third-order valence-corrected chi connectivity index (χ3v) is 8.63. The molecule has 34 heavy (non-hydrogen) atoms. The highest BCUT2D eigenvalue weighted by Crippen LogP contribution is 2.49. The van der Waals surface area contributed by atoms with Crippen molar-refractivity contribution in [2.75, 3.05) is 4.90 Å². The van der Waals surface area contributed by atoms with Crippen LogP contribution < -0.4 is 10.6 Å². The molecule has 0 fully saturated rings. The first-order valence-corrected chi connectivity index (χ1v) is 13.0. The van der Waals surface area contributed by atoms with E-state index >= 15 is 0 Å². The molecule has 2 aliphatic carbocycles. The van der Waals surface area contributed by atoms with Crippen molar-refractivity contribution in [2.24, 2.45) is 5.73 Å². The number of aryl methyl sites for hydroxylation is 2. The van der Waals surface area contributed by atoms with Crippen LogP contribution in [0.1, 0.15) is 78.5 Å². The molecule has 0 saturated carbocycles. The molecule has 2 heterocycles. The molecule has 172 valence electrons. The molecule has 1 aromatic carbocycles. The van der Waals surface area contributed by atoms with Crippen LogP contribution >= 0.6 is 11.3 Å². The van der Waals surface area contributed by atoms with Gasteiger partial charge in [-0.15, -0.1) is 11.3 Å². The minimum atomic E-state index is -0.460. The van der Waals surface area contributed by atoms with Gasteiger partial charge in [0.15, 0.2) is 5.78 Å². The zero-order valence-corrected chi connectivity index (χ0v) is 20.3. The smallest absolute Gasteiger partial charge is 0.161 e. The number of carbonyl (C=O) groups excluding carboxylic acids is 1. The summed E-state index contributed by atoms with van der Waals surface area (Å²) >= 11 is 1.62. The summed E-state index contributed by atoms with van der Waals surface area (Å²) in [6.45, 7) is 2.10. The number of allylic oxidation sites excluding steroid dienone is 3. The first-order chi connectivity index (χ1) is 16.6. The second-order valence-corrected chi connectivity index (χ2v) is 10.4. The van der Waals surface area contributed by atoms with Gasteiger partial charge in [0, 0.05) is 22.6 Å². The number of anilines is 1. The van der Waals surface area contributed by atoms with Gasteiger partial charge in [-0.2, -0.15) is 10.5 Å². The van der Waals surface area contributed by atoms with Crippen molar-refractivity contribution < 1.29 is 4.79 Å². The van der Waals surface area contributed by atoms with E-state index in [2.05, 4.69) is 31.2 Å². The van der Waals surface area contributed by atoms with Crippen LogP contribution in [0.4, 0.5) is 5.00 Å². The molecule has 0 unspecified atom stereocenters. The molecule has 1 aliphatic heterocycles. The molecule has 0 saturated heterocycles. The second-order valence-electron chi connectivity index (χ2n) is 9.27. The Morgan fingerprint density at radius 1 is 1.03 bits per heavy atom. The highest BCUT2D eigenvalue weighted by molar-refractivity contribution is 7.16. The van der Waals surface area contributed by atoms with Gasteiger partial charge in [0.1, 0.15) is 16.9 Å². The number of rotatable bonds is 3. The summed E-state index contributed by atoms with van der Waals surface area (Å²) in [5.74, 6) is -0.0283. The maximum absolute atomic E-state index is 13.4. The van der Waals surface area contributed by atoms with E-state index in [1.165, 1.54) is 16.9 Å². The summed E-state index contributed by atoms with van der Waals surface area (Å²) in [5.41, 5.74) is 12.6. The van der Waals surface area contributed by atoms with E-state index in [9.17, 15) is 15.3 Å². The SMILES string of the molecule is CCc1ccc([C@H]2C(C#N)=C(N)N(c3sc4c(c3C#N)CCCCC4)C3=C2C(=O)CCC3)cc1.